The number of allylic oxidation sites excluding steroid dienone is 4. The fraction of sp³-hybridized carbons (Fsp3) is 0.0714. The molecule has 8 nitrogen and oxygen atoms in total. The summed E-state index contributed by atoms with van der Waals surface area (Å²) in [5.74, 6) is -18.2. The highest BCUT2D eigenvalue weighted by molar-refractivity contribution is 6.03. The third-order valence-corrected chi connectivity index (χ3v) is 6.71. The Morgan fingerprint density at radius 1 is 0.619 bits per heavy atom. The monoisotopic (exact) mass is 592 g/mol. The molecule has 1 aliphatic rings. The fourth-order valence-electron chi connectivity index (χ4n) is 4.90. The van der Waals surface area contributed by atoms with Gasteiger partial charge < -0.3 is 20.4 Å². The summed E-state index contributed by atoms with van der Waals surface area (Å²) in [4.78, 5) is 47.1. The van der Waals surface area contributed by atoms with E-state index in [1.54, 1.807) is 0 Å². The van der Waals surface area contributed by atoms with Crippen LogP contribution in [0.4, 0.5) is 26.3 Å². The van der Waals surface area contributed by atoms with E-state index in [1.807, 2.05) is 0 Å². The predicted molar refractivity (Wildman–Crippen MR) is 130 cm³/mol. The van der Waals surface area contributed by atoms with Crippen LogP contribution in [0, 0.1) is 11.6 Å². The lowest BCUT2D eigenvalue weighted by Gasteiger charge is -2.42. The molecular formula is C28H14F6O8. The van der Waals surface area contributed by atoms with E-state index in [4.69, 9.17) is 0 Å². The average Bonchev–Trinajstić information content (AvgIpc) is 2.94. The number of halogens is 6. The van der Waals surface area contributed by atoms with Crippen LogP contribution < -0.4 is 0 Å². The minimum Gasteiger partial charge on any atom is -0.478 e. The second-order valence-corrected chi connectivity index (χ2v) is 8.86. The molecule has 42 heavy (non-hydrogen) atoms. The number of rotatable bonds is 7. The second-order valence-electron chi connectivity index (χ2n) is 8.86. The van der Waals surface area contributed by atoms with Gasteiger partial charge in [-0.25, -0.2) is 45.5 Å². The molecule has 1 aliphatic carbocycles. The Bertz CT molecular complexity index is 1700. The molecule has 0 saturated carbocycles. The second kappa shape index (κ2) is 10.5. The standard InChI is InChI=1S/C28H14F6O8/c29-17-3-1-2-14(19(17)30)18-20(31)21(32)22(33)23(34)28(18,10-4-6-12(24(35)36)15(8-10)26(39)40)11-5-7-13(25(37)38)16(9-11)27(41)42/h1-9,23H,(H,35,36)(H,37,38)(H,39,40)(H,41,42). The fourth-order valence-corrected chi connectivity index (χ4v) is 4.90. The first kappa shape index (κ1) is 29.6. The number of hydrogen-bond acceptors (Lipinski definition) is 4. The molecule has 3 aromatic rings. The molecule has 0 radical (unpaired) electrons. The lowest BCUT2D eigenvalue weighted by Crippen LogP contribution is -2.43. The average molecular weight is 592 g/mol. The molecule has 14 heteroatoms. The van der Waals surface area contributed by atoms with E-state index < -0.39 is 109 Å². The van der Waals surface area contributed by atoms with Gasteiger partial charge in [0.25, 0.3) is 0 Å². The molecule has 3 aromatic carbocycles. The lowest BCUT2D eigenvalue weighted by molar-refractivity contribution is 0.0651. The van der Waals surface area contributed by atoms with E-state index in [9.17, 15) is 48.4 Å². The molecule has 1 atom stereocenters. The van der Waals surface area contributed by atoms with Crippen LogP contribution in [-0.4, -0.2) is 50.5 Å². The van der Waals surface area contributed by atoms with Crippen LogP contribution in [0.1, 0.15) is 58.1 Å². The third-order valence-electron chi connectivity index (χ3n) is 6.71. The summed E-state index contributed by atoms with van der Waals surface area (Å²) in [7, 11) is 0. The van der Waals surface area contributed by atoms with Crippen LogP contribution in [0.2, 0.25) is 0 Å². The van der Waals surface area contributed by atoms with Crippen LogP contribution in [0.5, 0.6) is 0 Å². The van der Waals surface area contributed by atoms with Crippen molar-refractivity contribution in [1.29, 1.82) is 0 Å². The Balaban J connectivity index is 2.31. The van der Waals surface area contributed by atoms with Crippen molar-refractivity contribution < 1.29 is 65.9 Å². The Morgan fingerprint density at radius 3 is 1.50 bits per heavy atom. The molecule has 0 aliphatic heterocycles. The van der Waals surface area contributed by atoms with Crippen LogP contribution in [0.15, 0.2) is 72.1 Å². The van der Waals surface area contributed by atoms with Crippen LogP contribution in [0.25, 0.3) is 5.57 Å². The third kappa shape index (κ3) is 4.36. The van der Waals surface area contributed by atoms with Crippen LogP contribution >= 0.6 is 0 Å². The molecule has 1 unspecified atom stereocenters. The molecule has 4 N–H and O–H groups in total. The van der Waals surface area contributed by atoms with Gasteiger partial charge in [0, 0.05) is 11.1 Å². The topological polar surface area (TPSA) is 149 Å². The zero-order valence-corrected chi connectivity index (χ0v) is 20.5. The van der Waals surface area contributed by atoms with Crippen molar-refractivity contribution in [1.82, 2.24) is 0 Å². The van der Waals surface area contributed by atoms with Crippen molar-refractivity contribution in [3.05, 3.63) is 123 Å². The molecule has 0 heterocycles. The smallest absolute Gasteiger partial charge is 0.336 e. The van der Waals surface area contributed by atoms with E-state index in [0.29, 0.717) is 48.5 Å². The number of carboxylic acids is 4. The van der Waals surface area contributed by atoms with Gasteiger partial charge in [-0.05, 0) is 41.5 Å². The molecule has 4 rings (SSSR count). The van der Waals surface area contributed by atoms with E-state index in [1.165, 1.54) is 0 Å². The first-order valence-electron chi connectivity index (χ1n) is 11.4. The molecule has 0 saturated heterocycles. The maximum atomic E-state index is 16.4. The van der Waals surface area contributed by atoms with Gasteiger partial charge in [-0.2, -0.15) is 0 Å². The Hall–Kier alpha value is -5.40. The molecule has 0 bridgehead atoms. The largest absolute Gasteiger partial charge is 0.478 e. The predicted octanol–water partition coefficient (Wildman–Crippen LogP) is 5.93. The van der Waals surface area contributed by atoms with Crippen molar-refractivity contribution >= 4 is 29.5 Å². The zero-order chi connectivity index (χ0) is 31.3. The van der Waals surface area contributed by atoms with Crippen molar-refractivity contribution in [2.24, 2.45) is 0 Å². The van der Waals surface area contributed by atoms with E-state index >= 15 is 17.6 Å². The number of benzene rings is 3. The maximum absolute atomic E-state index is 16.4. The molecule has 216 valence electrons. The summed E-state index contributed by atoms with van der Waals surface area (Å²) >= 11 is 0. The van der Waals surface area contributed by atoms with Gasteiger partial charge in [0.1, 0.15) is 0 Å². The van der Waals surface area contributed by atoms with Crippen molar-refractivity contribution in [2.75, 3.05) is 0 Å². The Labute approximate surface area is 230 Å². The molecule has 0 aromatic heterocycles. The van der Waals surface area contributed by atoms with Gasteiger partial charge >= 0.3 is 23.9 Å². The first-order chi connectivity index (χ1) is 19.7. The summed E-state index contributed by atoms with van der Waals surface area (Å²) in [6.45, 7) is 0. The summed E-state index contributed by atoms with van der Waals surface area (Å²) in [5.41, 5.74) is -11.7. The SMILES string of the molecule is O=C(O)c1ccc(C2(c3ccc(C(=O)O)c(C(=O)O)c3)C(c3cccc(F)c3F)=C(F)C(F)=C(F)C2F)cc1C(=O)O. The summed E-state index contributed by atoms with van der Waals surface area (Å²) in [6.07, 6.45) is -3.45. The van der Waals surface area contributed by atoms with Gasteiger partial charge in [0.2, 0.25) is 0 Å². The minimum absolute atomic E-state index is 0.435. The Morgan fingerprint density at radius 2 is 1.07 bits per heavy atom. The van der Waals surface area contributed by atoms with Gasteiger partial charge in [-0.1, -0.05) is 24.3 Å². The normalized spacial score (nSPS) is 16.4. The van der Waals surface area contributed by atoms with Crippen molar-refractivity contribution in [3.8, 4) is 0 Å². The van der Waals surface area contributed by atoms with Crippen LogP contribution in [0.3, 0.4) is 0 Å². The maximum Gasteiger partial charge on any atom is 0.336 e. The number of carboxylic acid groups (broad SMARTS) is 4. The van der Waals surface area contributed by atoms with Gasteiger partial charge in [-0.15, -0.1) is 0 Å². The van der Waals surface area contributed by atoms with Crippen molar-refractivity contribution in [2.45, 2.75) is 11.6 Å². The lowest BCUT2D eigenvalue weighted by atomic mass is 9.61. The highest BCUT2D eigenvalue weighted by Crippen LogP contribution is 2.57. The minimum atomic E-state index is -3.45. The summed E-state index contributed by atoms with van der Waals surface area (Å²) < 4.78 is 91.7. The highest BCUT2D eigenvalue weighted by Gasteiger charge is 2.56. The number of aromatic carboxylic acids is 4. The zero-order valence-electron chi connectivity index (χ0n) is 20.5. The Kier molecular flexibility index (Phi) is 7.42. The molecule has 0 spiro atoms. The van der Waals surface area contributed by atoms with Gasteiger partial charge in [0.05, 0.1) is 27.7 Å². The van der Waals surface area contributed by atoms with Crippen molar-refractivity contribution in [3.63, 3.8) is 0 Å². The van der Waals surface area contributed by atoms with E-state index in [-0.39, 0.29) is 0 Å². The highest BCUT2D eigenvalue weighted by atomic mass is 19.2. The molecule has 0 fully saturated rings. The number of carbonyl (C=O) groups is 4. The van der Waals surface area contributed by atoms with E-state index in [2.05, 4.69) is 0 Å². The van der Waals surface area contributed by atoms with Gasteiger partial charge in [0.15, 0.2) is 35.3 Å². The number of alkyl halides is 1. The number of hydrogen-bond donors (Lipinski definition) is 4. The van der Waals surface area contributed by atoms with Crippen LogP contribution in [-0.2, 0) is 5.41 Å². The first-order valence-corrected chi connectivity index (χ1v) is 11.4. The summed E-state index contributed by atoms with van der Waals surface area (Å²) in [6, 6.07) is 5.37. The van der Waals surface area contributed by atoms with Gasteiger partial charge in [-0.3, -0.25) is 0 Å². The summed E-state index contributed by atoms with van der Waals surface area (Å²) in [5, 5.41) is 38.1. The molecular weight excluding hydrogens is 578 g/mol. The van der Waals surface area contributed by atoms with E-state index in [0.717, 1.165) is 6.07 Å². The molecule has 0 amide bonds. The quantitative estimate of drug-likeness (QED) is 0.247.